The molecule has 0 spiro atoms. The summed E-state index contributed by atoms with van der Waals surface area (Å²) >= 11 is 0. The summed E-state index contributed by atoms with van der Waals surface area (Å²) in [6.07, 6.45) is 11.6. The Morgan fingerprint density at radius 2 is 1.40 bits per heavy atom. The van der Waals surface area contributed by atoms with Gasteiger partial charge in [-0.05, 0) is 56.5 Å². The molecule has 0 saturated heterocycles. The van der Waals surface area contributed by atoms with Crippen LogP contribution < -0.4 is 5.32 Å². The van der Waals surface area contributed by atoms with Crippen LogP contribution in [0.5, 0.6) is 0 Å². The molecule has 0 atom stereocenters. The zero-order chi connectivity index (χ0) is 14.5. The highest BCUT2D eigenvalue weighted by Gasteiger charge is 1.95. The van der Waals surface area contributed by atoms with Crippen molar-refractivity contribution in [1.29, 1.82) is 0 Å². The van der Waals surface area contributed by atoms with Gasteiger partial charge in [0, 0.05) is 0 Å². The first-order chi connectivity index (χ1) is 9.83. The van der Waals surface area contributed by atoms with Crippen LogP contribution in [0.1, 0.15) is 63.9 Å². The number of unbranched alkanes of at least 4 members (excludes halogenated alkanes) is 6. The molecule has 1 nitrogen and oxygen atoms in total. The maximum atomic E-state index is 12.7. The first kappa shape index (κ1) is 17.2. The van der Waals surface area contributed by atoms with Gasteiger partial charge in [0.2, 0.25) is 0 Å². The minimum Gasteiger partial charge on any atom is -0.317 e. The molecule has 0 heterocycles. The Balaban J connectivity index is 1.84. The Labute approximate surface area is 124 Å². The molecule has 1 aromatic rings. The summed E-state index contributed by atoms with van der Waals surface area (Å²) in [7, 11) is 0. The van der Waals surface area contributed by atoms with Gasteiger partial charge in [-0.3, -0.25) is 0 Å². The van der Waals surface area contributed by atoms with Crippen LogP contribution in [0.3, 0.4) is 0 Å². The van der Waals surface area contributed by atoms with Crippen LogP contribution in [0.15, 0.2) is 24.3 Å². The van der Waals surface area contributed by atoms with Gasteiger partial charge >= 0.3 is 0 Å². The fraction of sp³-hybridized carbons (Fsp3) is 0.667. The van der Waals surface area contributed by atoms with Crippen molar-refractivity contribution in [1.82, 2.24) is 5.32 Å². The van der Waals surface area contributed by atoms with E-state index in [1.54, 1.807) is 12.1 Å². The van der Waals surface area contributed by atoms with E-state index in [2.05, 4.69) is 12.2 Å². The molecular formula is C18H30FN. The molecule has 0 saturated carbocycles. The maximum Gasteiger partial charge on any atom is 0.123 e. The SMILES string of the molecule is CCCCCCCCNCCCCc1ccc(F)cc1. The monoisotopic (exact) mass is 279 g/mol. The van der Waals surface area contributed by atoms with Gasteiger partial charge in [0.15, 0.2) is 0 Å². The smallest absolute Gasteiger partial charge is 0.123 e. The highest BCUT2D eigenvalue weighted by atomic mass is 19.1. The van der Waals surface area contributed by atoms with Crippen molar-refractivity contribution in [2.24, 2.45) is 0 Å². The van der Waals surface area contributed by atoms with E-state index < -0.39 is 0 Å². The van der Waals surface area contributed by atoms with Crippen LogP contribution >= 0.6 is 0 Å². The molecule has 0 aliphatic heterocycles. The van der Waals surface area contributed by atoms with Gasteiger partial charge in [-0.1, -0.05) is 51.2 Å². The predicted octanol–water partition coefficient (Wildman–Crippen LogP) is 5.10. The molecule has 114 valence electrons. The fourth-order valence-electron chi connectivity index (χ4n) is 2.39. The summed E-state index contributed by atoms with van der Waals surface area (Å²) in [5.74, 6) is -0.144. The Kier molecular flexibility index (Phi) is 10.2. The van der Waals surface area contributed by atoms with Gasteiger partial charge in [0.25, 0.3) is 0 Å². The fourth-order valence-corrected chi connectivity index (χ4v) is 2.39. The van der Waals surface area contributed by atoms with E-state index >= 15 is 0 Å². The molecule has 20 heavy (non-hydrogen) atoms. The van der Waals surface area contributed by atoms with Crippen molar-refractivity contribution in [2.45, 2.75) is 64.7 Å². The van der Waals surface area contributed by atoms with Crippen LogP contribution in [0.25, 0.3) is 0 Å². The summed E-state index contributed by atoms with van der Waals surface area (Å²) in [5, 5.41) is 3.51. The van der Waals surface area contributed by atoms with Crippen molar-refractivity contribution in [3.63, 3.8) is 0 Å². The largest absolute Gasteiger partial charge is 0.317 e. The van der Waals surface area contributed by atoms with E-state index in [0.29, 0.717) is 0 Å². The maximum absolute atomic E-state index is 12.7. The molecule has 0 unspecified atom stereocenters. The topological polar surface area (TPSA) is 12.0 Å². The van der Waals surface area contributed by atoms with Crippen LogP contribution in [0.4, 0.5) is 4.39 Å². The van der Waals surface area contributed by atoms with Crippen molar-refractivity contribution in [2.75, 3.05) is 13.1 Å². The Morgan fingerprint density at radius 1 is 0.800 bits per heavy atom. The van der Waals surface area contributed by atoms with Crippen LogP contribution in [-0.4, -0.2) is 13.1 Å². The lowest BCUT2D eigenvalue weighted by atomic mass is 10.1. The Hall–Kier alpha value is -0.890. The third-order valence-electron chi connectivity index (χ3n) is 3.69. The molecule has 0 aliphatic rings. The van der Waals surface area contributed by atoms with Crippen molar-refractivity contribution in [3.05, 3.63) is 35.6 Å². The summed E-state index contributed by atoms with van der Waals surface area (Å²) in [6.45, 7) is 4.52. The third kappa shape index (κ3) is 9.08. The zero-order valence-corrected chi connectivity index (χ0v) is 13.0. The number of nitrogens with one attached hydrogen (secondary N) is 1. The van der Waals surface area contributed by atoms with Crippen molar-refractivity contribution < 1.29 is 4.39 Å². The quantitative estimate of drug-likeness (QED) is 0.525. The molecule has 1 N–H and O–H groups in total. The molecule has 0 aromatic heterocycles. The molecule has 2 heteroatoms. The number of aryl methyl sites for hydroxylation is 1. The second-order valence-corrected chi connectivity index (χ2v) is 5.60. The lowest BCUT2D eigenvalue weighted by Gasteiger charge is -2.05. The number of rotatable bonds is 12. The first-order valence-corrected chi connectivity index (χ1v) is 8.28. The van der Waals surface area contributed by atoms with Crippen LogP contribution in [0.2, 0.25) is 0 Å². The number of benzene rings is 1. The van der Waals surface area contributed by atoms with Gasteiger partial charge in [-0.15, -0.1) is 0 Å². The van der Waals surface area contributed by atoms with Crippen molar-refractivity contribution >= 4 is 0 Å². The molecule has 0 radical (unpaired) electrons. The summed E-state index contributed by atoms with van der Waals surface area (Å²) in [6, 6.07) is 6.87. The minimum atomic E-state index is -0.144. The van der Waals surface area contributed by atoms with E-state index in [9.17, 15) is 4.39 Å². The lowest BCUT2D eigenvalue weighted by Crippen LogP contribution is -2.16. The molecule has 0 aliphatic carbocycles. The summed E-state index contributed by atoms with van der Waals surface area (Å²) in [4.78, 5) is 0. The Morgan fingerprint density at radius 3 is 2.10 bits per heavy atom. The van der Waals surface area contributed by atoms with E-state index in [1.807, 2.05) is 12.1 Å². The van der Waals surface area contributed by atoms with Gasteiger partial charge < -0.3 is 5.32 Å². The molecule has 1 aromatic carbocycles. The molecular weight excluding hydrogens is 249 g/mol. The van der Waals surface area contributed by atoms with E-state index in [-0.39, 0.29) is 5.82 Å². The van der Waals surface area contributed by atoms with Gasteiger partial charge in [0.1, 0.15) is 5.82 Å². The van der Waals surface area contributed by atoms with Crippen molar-refractivity contribution in [3.8, 4) is 0 Å². The highest BCUT2D eigenvalue weighted by Crippen LogP contribution is 2.07. The summed E-state index contributed by atoms with van der Waals surface area (Å²) in [5.41, 5.74) is 1.24. The number of halogens is 1. The van der Waals surface area contributed by atoms with Gasteiger partial charge in [0.05, 0.1) is 0 Å². The molecule has 0 bridgehead atoms. The molecule has 0 fully saturated rings. The van der Waals surface area contributed by atoms with Gasteiger partial charge in [-0.25, -0.2) is 4.39 Å². The molecule has 0 amide bonds. The Bertz CT molecular complexity index is 321. The minimum absolute atomic E-state index is 0.144. The average Bonchev–Trinajstić information content (AvgIpc) is 2.47. The predicted molar refractivity (Wildman–Crippen MR) is 85.6 cm³/mol. The van der Waals surface area contributed by atoms with E-state index in [0.717, 1.165) is 19.5 Å². The average molecular weight is 279 g/mol. The summed E-state index contributed by atoms with van der Waals surface area (Å²) < 4.78 is 12.7. The second kappa shape index (κ2) is 11.9. The lowest BCUT2D eigenvalue weighted by molar-refractivity contribution is 0.558. The van der Waals surface area contributed by atoms with Crippen LogP contribution in [-0.2, 0) is 6.42 Å². The van der Waals surface area contributed by atoms with Crippen LogP contribution in [0, 0.1) is 5.82 Å². The number of hydrogen-bond acceptors (Lipinski definition) is 1. The standard InChI is InChI=1S/C18H30FN/c1-2-3-4-5-6-8-15-20-16-9-7-10-17-11-13-18(19)14-12-17/h11-14,20H,2-10,15-16H2,1H3. The zero-order valence-electron chi connectivity index (χ0n) is 13.0. The third-order valence-corrected chi connectivity index (χ3v) is 3.69. The normalized spacial score (nSPS) is 10.9. The van der Waals surface area contributed by atoms with E-state index in [4.69, 9.17) is 0 Å². The first-order valence-electron chi connectivity index (χ1n) is 8.28. The second-order valence-electron chi connectivity index (χ2n) is 5.60. The highest BCUT2D eigenvalue weighted by molar-refractivity contribution is 5.15. The molecule has 1 rings (SSSR count). The number of hydrogen-bond donors (Lipinski definition) is 1. The van der Waals surface area contributed by atoms with Gasteiger partial charge in [-0.2, -0.15) is 0 Å². The van der Waals surface area contributed by atoms with E-state index in [1.165, 1.54) is 56.9 Å².